The monoisotopic (exact) mass is 470 g/mol. The normalized spacial score (nSPS) is 28.9. The van der Waals surface area contributed by atoms with Gasteiger partial charge in [-0.25, -0.2) is 18.1 Å². The van der Waals surface area contributed by atoms with E-state index in [1.165, 1.54) is 32.6 Å². The summed E-state index contributed by atoms with van der Waals surface area (Å²) in [5.41, 5.74) is -0.833. The van der Waals surface area contributed by atoms with Gasteiger partial charge < -0.3 is 9.47 Å². The minimum atomic E-state index is -4.23. The number of nitrogens with zero attached hydrogens (tertiary/aromatic N) is 1. The molecule has 0 saturated heterocycles. The Balaban J connectivity index is 1.42. The average molecular weight is 471 g/mol. The topological polar surface area (TPSA) is 94.6 Å². The van der Waals surface area contributed by atoms with Crippen molar-refractivity contribution >= 4 is 15.9 Å². The highest BCUT2D eigenvalue weighted by Gasteiger charge is 2.51. The van der Waals surface area contributed by atoms with Gasteiger partial charge in [0, 0.05) is 11.8 Å². The molecule has 1 heterocycles. The van der Waals surface area contributed by atoms with Gasteiger partial charge in [-0.2, -0.15) is 0 Å². The first kappa shape index (κ1) is 22.3. The van der Waals surface area contributed by atoms with Gasteiger partial charge in [0.05, 0.1) is 19.3 Å². The van der Waals surface area contributed by atoms with Gasteiger partial charge in [0.1, 0.15) is 0 Å². The van der Waals surface area contributed by atoms with Crippen LogP contribution in [0.5, 0.6) is 5.88 Å². The highest BCUT2D eigenvalue weighted by molar-refractivity contribution is 7.90. The lowest BCUT2D eigenvalue weighted by Gasteiger charge is -2.56. The van der Waals surface area contributed by atoms with E-state index in [0.29, 0.717) is 6.61 Å². The molecule has 4 aliphatic carbocycles. The molecule has 33 heavy (non-hydrogen) atoms. The number of benzene rings is 1. The van der Waals surface area contributed by atoms with E-state index in [4.69, 9.17) is 9.47 Å². The van der Waals surface area contributed by atoms with Crippen LogP contribution in [-0.4, -0.2) is 33.0 Å². The van der Waals surface area contributed by atoms with Crippen LogP contribution in [0.2, 0.25) is 0 Å². The van der Waals surface area contributed by atoms with Crippen molar-refractivity contribution in [2.75, 3.05) is 13.7 Å². The molecule has 4 aliphatic rings. The van der Waals surface area contributed by atoms with Crippen LogP contribution in [0.15, 0.2) is 48.7 Å². The number of aromatic nitrogens is 1. The number of nitrogens with one attached hydrogen (secondary N) is 1. The Labute approximate surface area is 194 Å². The molecule has 7 nitrogen and oxygen atoms in total. The molecule has 0 radical (unpaired) electrons. The summed E-state index contributed by atoms with van der Waals surface area (Å²) in [6.07, 6.45) is 8.69. The molecule has 4 bridgehead atoms. The predicted molar refractivity (Wildman–Crippen MR) is 123 cm³/mol. The first-order valence-electron chi connectivity index (χ1n) is 11.6. The zero-order valence-corrected chi connectivity index (χ0v) is 19.6. The molecule has 1 aromatic carbocycles. The Hall–Kier alpha value is -2.45. The number of carbonyl (C=O) groups excluding carboxylic acids is 1. The van der Waals surface area contributed by atoms with Gasteiger partial charge in [0.25, 0.3) is 15.9 Å². The van der Waals surface area contributed by atoms with E-state index in [1.54, 1.807) is 42.5 Å². The maximum atomic E-state index is 13.5. The number of amides is 1. The lowest BCUT2D eigenvalue weighted by molar-refractivity contribution is -0.102. The van der Waals surface area contributed by atoms with Crippen molar-refractivity contribution in [2.45, 2.75) is 44.0 Å². The molecule has 1 atom stereocenters. The van der Waals surface area contributed by atoms with Crippen LogP contribution in [0.3, 0.4) is 0 Å². The summed E-state index contributed by atoms with van der Waals surface area (Å²) >= 11 is 0. The molecular weight excluding hydrogens is 440 g/mol. The second-order valence-electron chi connectivity index (χ2n) is 10.0. The third-order valence-electron chi connectivity index (χ3n) is 7.51. The summed E-state index contributed by atoms with van der Waals surface area (Å²) in [4.78, 5) is 16.8. The van der Waals surface area contributed by atoms with Crippen LogP contribution in [0.1, 0.15) is 59.9 Å². The van der Waals surface area contributed by atoms with E-state index in [2.05, 4.69) is 9.71 Å². The van der Waals surface area contributed by atoms with Crippen LogP contribution < -0.4 is 9.46 Å². The molecule has 4 saturated carbocycles. The molecule has 1 N–H and O–H groups in total. The van der Waals surface area contributed by atoms with Gasteiger partial charge in [-0.15, -0.1) is 0 Å². The Morgan fingerprint density at radius 2 is 1.70 bits per heavy atom. The molecular formula is C25H30N2O5S. The molecule has 1 unspecified atom stereocenters. The molecule has 8 heteroatoms. The largest absolute Gasteiger partial charge is 0.481 e. The summed E-state index contributed by atoms with van der Waals surface area (Å²) in [6.45, 7) is 0.347. The standard InChI is InChI=1S/C25H30N2O5S/c1-31-23-21(8-5-9-26-23)24(33(29,30)27-22(28)20-6-3-2-4-7-20)32-16-25-13-17-10-18(14-25)12-19(11-17)15-25/h2-9,17-19,24H,10-16H2,1H3,(H,27,28). The minimum absolute atomic E-state index is 0.0153. The summed E-state index contributed by atoms with van der Waals surface area (Å²) in [6, 6.07) is 11.6. The van der Waals surface area contributed by atoms with E-state index >= 15 is 0 Å². The summed E-state index contributed by atoms with van der Waals surface area (Å²) in [5, 5.41) is 0. The van der Waals surface area contributed by atoms with Gasteiger partial charge in [-0.1, -0.05) is 18.2 Å². The van der Waals surface area contributed by atoms with Crippen LogP contribution in [-0.2, 0) is 14.8 Å². The smallest absolute Gasteiger partial charge is 0.266 e. The van der Waals surface area contributed by atoms with Gasteiger partial charge in [-0.05, 0) is 86.0 Å². The SMILES string of the molecule is COc1ncccc1C(OCC12CC3CC(CC(C3)C1)C2)S(=O)(=O)NC(=O)c1ccccc1. The molecule has 176 valence electrons. The van der Waals surface area contributed by atoms with Gasteiger partial charge in [0.15, 0.2) is 0 Å². The number of methoxy groups -OCH3 is 1. The van der Waals surface area contributed by atoms with Crippen LogP contribution in [0.4, 0.5) is 0 Å². The zero-order chi connectivity index (χ0) is 23.1. The summed E-state index contributed by atoms with van der Waals surface area (Å²) < 4.78 is 40.7. The van der Waals surface area contributed by atoms with E-state index in [0.717, 1.165) is 37.0 Å². The maximum Gasteiger partial charge on any atom is 0.266 e. The summed E-state index contributed by atoms with van der Waals surface area (Å²) in [7, 11) is -2.79. The third kappa shape index (κ3) is 4.51. The Morgan fingerprint density at radius 3 is 2.30 bits per heavy atom. The van der Waals surface area contributed by atoms with Crippen LogP contribution >= 0.6 is 0 Å². The highest BCUT2D eigenvalue weighted by Crippen LogP contribution is 2.60. The van der Waals surface area contributed by atoms with E-state index in [1.807, 2.05) is 0 Å². The highest BCUT2D eigenvalue weighted by atomic mass is 32.2. The Kier molecular flexibility index (Phi) is 5.91. The van der Waals surface area contributed by atoms with Crippen molar-refractivity contribution in [3.63, 3.8) is 0 Å². The van der Waals surface area contributed by atoms with E-state index in [9.17, 15) is 13.2 Å². The number of carbonyl (C=O) groups is 1. The Morgan fingerprint density at radius 1 is 1.06 bits per heavy atom. The third-order valence-corrected chi connectivity index (χ3v) is 8.93. The van der Waals surface area contributed by atoms with E-state index in [-0.39, 0.29) is 22.4 Å². The second kappa shape index (κ2) is 8.72. The van der Waals surface area contributed by atoms with Crippen molar-refractivity contribution in [3.8, 4) is 5.88 Å². The molecule has 0 aliphatic heterocycles. The van der Waals surface area contributed by atoms with Crippen molar-refractivity contribution in [2.24, 2.45) is 23.2 Å². The molecule has 6 rings (SSSR count). The first-order chi connectivity index (χ1) is 15.9. The fraction of sp³-hybridized carbons (Fsp3) is 0.520. The lowest BCUT2D eigenvalue weighted by Crippen LogP contribution is -2.48. The quantitative estimate of drug-likeness (QED) is 0.625. The molecule has 0 spiro atoms. The molecule has 4 fully saturated rings. The van der Waals surface area contributed by atoms with Crippen molar-refractivity contribution < 1.29 is 22.7 Å². The van der Waals surface area contributed by atoms with Crippen molar-refractivity contribution in [3.05, 3.63) is 59.8 Å². The van der Waals surface area contributed by atoms with Gasteiger partial charge in [0.2, 0.25) is 11.3 Å². The van der Waals surface area contributed by atoms with Crippen molar-refractivity contribution in [1.82, 2.24) is 9.71 Å². The molecule has 1 aromatic heterocycles. The summed E-state index contributed by atoms with van der Waals surface area (Å²) in [5.74, 6) is 1.65. The number of ether oxygens (including phenoxy) is 2. The minimum Gasteiger partial charge on any atom is -0.481 e. The van der Waals surface area contributed by atoms with Crippen LogP contribution in [0.25, 0.3) is 0 Å². The van der Waals surface area contributed by atoms with Gasteiger partial charge >= 0.3 is 0 Å². The maximum absolute atomic E-state index is 13.5. The molecule has 2 aromatic rings. The second-order valence-corrected chi connectivity index (χ2v) is 11.7. The zero-order valence-electron chi connectivity index (χ0n) is 18.8. The lowest BCUT2D eigenvalue weighted by atomic mass is 9.50. The number of hydrogen-bond donors (Lipinski definition) is 1. The number of pyridine rings is 1. The first-order valence-corrected chi connectivity index (χ1v) is 13.1. The number of rotatable bonds is 8. The van der Waals surface area contributed by atoms with Crippen molar-refractivity contribution in [1.29, 1.82) is 0 Å². The number of hydrogen-bond acceptors (Lipinski definition) is 6. The average Bonchev–Trinajstić information content (AvgIpc) is 2.78. The van der Waals surface area contributed by atoms with E-state index < -0.39 is 21.4 Å². The fourth-order valence-corrected chi connectivity index (χ4v) is 7.89. The number of sulfonamides is 1. The Bertz CT molecular complexity index is 1080. The molecule has 1 amide bonds. The van der Waals surface area contributed by atoms with Crippen LogP contribution in [0, 0.1) is 23.2 Å². The van der Waals surface area contributed by atoms with Gasteiger partial charge in [-0.3, -0.25) is 4.79 Å². The predicted octanol–water partition coefficient (Wildman–Crippen LogP) is 4.08. The fourth-order valence-electron chi connectivity index (χ4n) is 6.65.